The molecule has 0 saturated carbocycles. The van der Waals surface area contributed by atoms with Gasteiger partial charge in [-0.05, 0) is 38.0 Å². The van der Waals surface area contributed by atoms with Crippen LogP contribution in [0, 0.1) is 0 Å². The number of rotatable bonds is 4. The van der Waals surface area contributed by atoms with Crippen molar-refractivity contribution in [2.24, 2.45) is 4.99 Å². The molecule has 2 aliphatic rings. The first kappa shape index (κ1) is 20.7. The van der Waals surface area contributed by atoms with E-state index in [0.717, 1.165) is 56.7 Å². The highest BCUT2D eigenvalue weighted by Gasteiger charge is 2.32. The number of hydrogen-bond donors (Lipinski definition) is 2. The van der Waals surface area contributed by atoms with Crippen LogP contribution in [0.2, 0.25) is 5.02 Å². The summed E-state index contributed by atoms with van der Waals surface area (Å²) in [6.07, 6.45) is 1.10. The van der Waals surface area contributed by atoms with Crippen molar-refractivity contribution < 1.29 is 4.74 Å². The average molecular weight is 479 g/mol. The number of halogens is 2. The number of benzene rings is 1. The fourth-order valence-corrected chi connectivity index (χ4v) is 3.43. The van der Waals surface area contributed by atoms with Crippen LogP contribution in [0.4, 0.5) is 0 Å². The van der Waals surface area contributed by atoms with E-state index in [1.54, 1.807) is 0 Å². The lowest BCUT2D eigenvalue weighted by Gasteiger charge is -2.42. The first-order chi connectivity index (χ1) is 11.5. The lowest BCUT2D eigenvalue weighted by Crippen LogP contribution is -2.52. The zero-order valence-electron chi connectivity index (χ0n) is 14.9. The summed E-state index contributed by atoms with van der Waals surface area (Å²) < 4.78 is 5.88. The monoisotopic (exact) mass is 478 g/mol. The average Bonchev–Trinajstić information content (AvgIpc) is 2.57. The first-order valence-corrected chi connectivity index (χ1v) is 9.07. The summed E-state index contributed by atoms with van der Waals surface area (Å²) in [4.78, 5) is 7.00. The zero-order chi connectivity index (χ0) is 17.0. The zero-order valence-corrected chi connectivity index (χ0v) is 18.0. The van der Waals surface area contributed by atoms with E-state index in [-0.39, 0.29) is 35.6 Å². The van der Waals surface area contributed by atoms with Crippen molar-refractivity contribution in [1.29, 1.82) is 0 Å². The van der Waals surface area contributed by atoms with E-state index in [9.17, 15) is 0 Å². The Kier molecular flexibility index (Phi) is 7.79. The van der Waals surface area contributed by atoms with Crippen molar-refractivity contribution in [3.05, 3.63) is 34.9 Å². The third-order valence-corrected chi connectivity index (χ3v) is 4.76. The number of guanidine groups is 1. The molecule has 5 nitrogen and oxygen atoms in total. The van der Waals surface area contributed by atoms with Crippen molar-refractivity contribution in [1.82, 2.24) is 15.5 Å². The van der Waals surface area contributed by atoms with Gasteiger partial charge in [0.15, 0.2) is 5.96 Å². The van der Waals surface area contributed by atoms with Gasteiger partial charge in [-0.2, -0.15) is 0 Å². The summed E-state index contributed by atoms with van der Waals surface area (Å²) in [7, 11) is 0. The number of ether oxygens (including phenoxy) is 1. The predicted molar refractivity (Wildman–Crippen MR) is 114 cm³/mol. The second-order valence-electron chi connectivity index (χ2n) is 7.04. The maximum Gasteiger partial charge on any atom is 0.191 e. The van der Waals surface area contributed by atoms with Gasteiger partial charge in [0, 0.05) is 37.7 Å². The smallest absolute Gasteiger partial charge is 0.191 e. The Hall–Kier alpha value is -0.570. The van der Waals surface area contributed by atoms with E-state index in [0.29, 0.717) is 0 Å². The maximum absolute atomic E-state index is 6.07. The van der Waals surface area contributed by atoms with Crippen LogP contribution in [-0.4, -0.2) is 55.8 Å². The lowest BCUT2D eigenvalue weighted by atomic mass is 10.0. The third-order valence-electron chi connectivity index (χ3n) is 4.51. The molecule has 3 rings (SSSR count). The fourth-order valence-electron chi connectivity index (χ4n) is 3.31. The molecule has 2 aliphatic heterocycles. The summed E-state index contributed by atoms with van der Waals surface area (Å²) in [6, 6.07) is 8.43. The van der Waals surface area contributed by atoms with Gasteiger partial charge in [-0.3, -0.25) is 9.89 Å². The molecule has 0 radical (unpaired) electrons. The first-order valence-electron chi connectivity index (χ1n) is 8.69. The summed E-state index contributed by atoms with van der Waals surface area (Å²) in [5, 5.41) is 7.58. The fraction of sp³-hybridized carbons (Fsp3) is 0.611. The van der Waals surface area contributed by atoms with Crippen LogP contribution in [0.3, 0.4) is 0 Å². The quantitative estimate of drug-likeness (QED) is 0.653. The molecule has 2 heterocycles. The van der Waals surface area contributed by atoms with Crippen LogP contribution >= 0.6 is 35.6 Å². The Morgan fingerprint density at radius 1 is 1.36 bits per heavy atom. The molecule has 0 aromatic heterocycles. The molecule has 25 heavy (non-hydrogen) atoms. The van der Waals surface area contributed by atoms with Gasteiger partial charge in [0.05, 0.1) is 18.2 Å². The number of nitrogens with zero attached hydrogens (tertiary/aromatic N) is 2. The molecule has 0 bridgehead atoms. The molecule has 1 unspecified atom stereocenters. The van der Waals surface area contributed by atoms with Crippen LogP contribution in [0.25, 0.3) is 0 Å². The van der Waals surface area contributed by atoms with E-state index >= 15 is 0 Å². The van der Waals surface area contributed by atoms with Crippen molar-refractivity contribution in [2.45, 2.75) is 31.9 Å². The van der Waals surface area contributed by atoms with E-state index in [4.69, 9.17) is 16.3 Å². The van der Waals surface area contributed by atoms with Crippen molar-refractivity contribution >= 4 is 41.5 Å². The van der Waals surface area contributed by atoms with Gasteiger partial charge in [0.2, 0.25) is 0 Å². The third kappa shape index (κ3) is 5.98. The molecule has 2 N–H and O–H groups in total. The standard InChI is InChI=1S/C18H27ClN4O.HI/c1-18(2)13-23(10-11-24-18)16(14-4-6-15(19)7-5-14)12-22-17-20-8-3-9-21-17;/h4-7,16H,3,8-13H2,1-2H3,(H2,20,21,22);1H. The molecule has 0 amide bonds. The van der Waals surface area contributed by atoms with Gasteiger partial charge in [-0.15, -0.1) is 24.0 Å². The summed E-state index contributed by atoms with van der Waals surface area (Å²) in [5.74, 6) is 0.910. The second kappa shape index (κ2) is 9.39. The predicted octanol–water partition coefficient (Wildman–Crippen LogP) is 3.05. The Labute approximate surface area is 172 Å². The van der Waals surface area contributed by atoms with Gasteiger partial charge in [-0.25, -0.2) is 0 Å². The van der Waals surface area contributed by atoms with Gasteiger partial charge >= 0.3 is 0 Å². The Morgan fingerprint density at radius 3 is 2.76 bits per heavy atom. The maximum atomic E-state index is 6.07. The van der Waals surface area contributed by atoms with E-state index in [2.05, 4.69) is 46.5 Å². The molecular weight excluding hydrogens is 451 g/mol. The van der Waals surface area contributed by atoms with Crippen molar-refractivity contribution in [2.75, 3.05) is 39.3 Å². The molecule has 7 heteroatoms. The molecular formula is C18H28ClIN4O. The van der Waals surface area contributed by atoms with E-state index in [1.807, 2.05) is 12.1 Å². The van der Waals surface area contributed by atoms with E-state index in [1.165, 1.54) is 5.56 Å². The van der Waals surface area contributed by atoms with Crippen LogP contribution in [0.5, 0.6) is 0 Å². The Bertz CT molecular complexity index is 579. The largest absolute Gasteiger partial charge is 0.373 e. The molecule has 0 aliphatic carbocycles. The minimum atomic E-state index is -0.121. The van der Waals surface area contributed by atoms with Crippen LogP contribution in [-0.2, 0) is 4.74 Å². The molecule has 1 aromatic carbocycles. The molecule has 1 aromatic rings. The summed E-state index contributed by atoms with van der Waals surface area (Å²) in [6.45, 7) is 9.59. The summed E-state index contributed by atoms with van der Waals surface area (Å²) >= 11 is 6.07. The number of aliphatic imine (C=N–C) groups is 1. The topological polar surface area (TPSA) is 48.9 Å². The highest BCUT2D eigenvalue weighted by Crippen LogP contribution is 2.27. The van der Waals surface area contributed by atoms with Gasteiger partial charge in [-0.1, -0.05) is 23.7 Å². The normalized spacial score (nSPS) is 21.5. The number of hydrogen-bond acceptors (Lipinski definition) is 5. The van der Waals surface area contributed by atoms with Crippen LogP contribution in [0.15, 0.2) is 29.3 Å². The van der Waals surface area contributed by atoms with Gasteiger partial charge in [0.1, 0.15) is 0 Å². The van der Waals surface area contributed by atoms with Crippen molar-refractivity contribution in [3.63, 3.8) is 0 Å². The Balaban J connectivity index is 0.00000225. The van der Waals surface area contributed by atoms with Gasteiger partial charge in [0.25, 0.3) is 0 Å². The molecule has 1 fully saturated rings. The van der Waals surface area contributed by atoms with Gasteiger partial charge < -0.3 is 15.4 Å². The minimum absolute atomic E-state index is 0. The van der Waals surface area contributed by atoms with Crippen molar-refractivity contribution in [3.8, 4) is 0 Å². The number of morpholine rings is 1. The molecule has 140 valence electrons. The summed E-state index contributed by atoms with van der Waals surface area (Å²) in [5.41, 5.74) is 1.14. The van der Waals surface area contributed by atoms with E-state index < -0.39 is 0 Å². The number of nitrogens with one attached hydrogen (secondary N) is 2. The minimum Gasteiger partial charge on any atom is -0.373 e. The second-order valence-corrected chi connectivity index (χ2v) is 7.47. The van der Waals surface area contributed by atoms with Crippen LogP contribution in [0.1, 0.15) is 31.9 Å². The highest BCUT2D eigenvalue weighted by atomic mass is 127. The molecule has 1 atom stereocenters. The highest BCUT2D eigenvalue weighted by molar-refractivity contribution is 14.0. The molecule has 1 saturated heterocycles. The Morgan fingerprint density at radius 2 is 2.12 bits per heavy atom. The molecule has 0 spiro atoms. The SMILES string of the molecule is CC1(C)CN(C(CNC2=NCCCN2)c2ccc(Cl)cc2)CCO1.I. The lowest BCUT2D eigenvalue weighted by molar-refractivity contribution is -0.0971. The van der Waals surface area contributed by atoms with Crippen LogP contribution < -0.4 is 10.6 Å².